The van der Waals surface area contributed by atoms with Crippen LogP contribution in [-0.2, 0) is 9.53 Å². The van der Waals surface area contributed by atoms with E-state index >= 15 is 0 Å². The summed E-state index contributed by atoms with van der Waals surface area (Å²) in [7, 11) is 0. The molecule has 5 aromatic rings. The summed E-state index contributed by atoms with van der Waals surface area (Å²) < 4.78 is 11.3. The summed E-state index contributed by atoms with van der Waals surface area (Å²) in [5.41, 5.74) is 4.15. The highest BCUT2D eigenvalue weighted by Crippen LogP contribution is 2.33. The van der Waals surface area contributed by atoms with Crippen molar-refractivity contribution in [3.63, 3.8) is 0 Å². The molecule has 5 rings (SSSR count). The molecule has 4 aromatic carbocycles. The van der Waals surface area contributed by atoms with Gasteiger partial charge in [-0.05, 0) is 48.7 Å². The van der Waals surface area contributed by atoms with Gasteiger partial charge in [0.25, 0.3) is 5.91 Å². The first-order valence-corrected chi connectivity index (χ1v) is 10.5. The smallest absolute Gasteiger partial charge is 0.339 e. The van der Waals surface area contributed by atoms with Crippen LogP contribution in [0.25, 0.3) is 33.3 Å². The van der Waals surface area contributed by atoms with Gasteiger partial charge in [-0.1, -0.05) is 54.1 Å². The maximum atomic E-state index is 13.0. The first kappa shape index (κ1) is 20.5. The van der Waals surface area contributed by atoms with Gasteiger partial charge in [-0.3, -0.25) is 4.79 Å². The summed E-state index contributed by atoms with van der Waals surface area (Å²) in [6, 6.07) is 25.9. The normalized spacial score (nSPS) is 10.9. The molecule has 0 bridgehead atoms. The molecule has 6 heteroatoms. The SMILES string of the molecule is Cc1ccc(NC(=O)COC(=O)c2cccc3cccc(-c4nc5ccccc5o4)c23)cc1. The fourth-order valence-electron chi connectivity index (χ4n) is 3.72. The Morgan fingerprint density at radius 3 is 2.45 bits per heavy atom. The number of aryl methyl sites for hydroxylation is 1. The van der Waals surface area contributed by atoms with Gasteiger partial charge in [0, 0.05) is 16.6 Å². The molecule has 0 saturated heterocycles. The van der Waals surface area contributed by atoms with E-state index in [1.165, 1.54) is 0 Å². The number of hydrogen-bond acceptors (Lipinski definition) is 5. The number of para-hydroxylation sites is 2. The highest BCUT2D eigenvalue weighted by molar-refractivity contribution is 6.10. The number of aromatic nitrogens is 1. The van der Waals surface area contributed by atoms with Crippen LogP contribution in [-0.4, -0.2) is 23.5 Å². The van der Waals surface area contributed by atoms with Gasteiger partial charge < -0.3 is 14.5 Å². The molecule has 0 radical (unpaired) electrons. The van der Waals surface area contributed by atoms with E-state index < -0.39 is 18.5 Å². The van der Waals surface area contributed by atoms with Gasteiger partial charge in [0.15, 0.2) is 12.2 Å². The highest BCUT2D eigenvalue weighted by Gasteiger charge is 2.19. The predicted molar refractivity (Wildman–Crippen MR) is 127 cm³/mol. The molecule has 162 valence electrons. The molecule has 0 aliphatic heterocycles. The van der Waals surface area contributed by atoms with Crippen LogP contribution >= 0.6 is 0 Å². The van der Waals surface area contributed by atoms with Crippen LogP contribution < -0.4 is 5.32 Å². The number of hydrogen-bond donors (Lipinski definition) is 1. The predicted octanol–water partition coefficient (Wildman–Crippen LogP) is 5.75. The van der Waals surface area contributed by atoms with Gasteiger partial charge in [-0.25, -0.2) is 9.78 Å². The fourth-order valence-corrected chi connectivity index (χ4v) is 3.72. The second-order valence-corrected chi connectivity index (χ2v) is 7.69. The molecule has 0 atom stereocenters. The third-order valence-electron chi connectivity index (χ3n) is 5.32. The molecule has 0 fully saturated rings. The zero-order chi connectivity index (χ0) is 22.8. The summed E-state index contributed by atoms with van der Waals surface area (Å²) in [5, 5.41) is 4.23. The van der Waals surface area contributed by atoms with Gasteiger partial charge in [0.2, 0.25) is 5.89 Å². The zero-order valence-electron chi connectivity index (χ0n) is 17.9. The third kappa shape index (κ3) is 4.19. The van der Waals surface area contributed by atoms with Crippen molar-refractivity contribution < 1.29 is 18.7 Å². The number of nitrogens with zero attached hydrogens (tertiary/aromatic N) is 1. The maximum Gasteiger partial charge on any atom is 0.339 e. The lowest BCUT2D eigenvalue weighted by Crippen LogP contribution is -2.21. The molecule has 0 aliphatic carbocycles. The van der Waals surface area contributed by atoms with E-state index in [0.29, 0.717) is 33.7 Å². The lowest BCUT2D eigenvalue weighted by Gasteiger charge is -2.10. The molecule has 6 nitrogen and oxygen atoms in total. The van der Waals surface area contributed by atoms with E-state index in [9.17, 15) is 9.59 Å². The van der Waals surface area contributed by atoms with Crippen molar-refractivity contribution in [3.8, 4) is 11.5 Å². The van der Waals surface area contributed by atoms with E-state index in [4.69, 9.17) is 9.15 Å². The number of ether oxygens (including phenoxy) is 1. The molecule has 0 aliphatic rings. The number of esters is 1. The van der Waals surface area contributed by atoms with Crippen LogP contribution in [0.3, 0.4) is 0 Å². The quantitative estimate of drug-likeness (QED) is 0.355. The molecule has 0 unspecified atom stereocenters. The van der Waals surface area contributed by atoms with Gasteiger partial charge in [0.1, 0.15) is 5.52 Å². The number of fused-ring (bicyclic) bond motifs is 2. The number of amides is 1. The Morgan fingerprint density at radius 2 is 1.67 bits per heavy atom. The van der Waals surface area contributed by atoms with Gasteiger partial charge >= 0.3 is 5.97 Å². The first-order chi connectivity index (χ1) is 16.1. The van der Waals surface area contributed by atoms with Crippen molar-refractivity contribution in [1.82, 2.24) is 4.98 Å². The summed E-state index contributed by atoms with van der Waals surface area (Å²) >= 11 is 0. The van der Waals surface area contributed by atoms with Crippen molar-refractivity contribution in [1.29, 1.82) is 0 Å². The monoisotopic (exact) mass is 436 g/mol. The van der Waals surface area contributed by atoms with Crippen molar-refractivity contribution >= 4 is 39.4 Å². The number of benzene rings is 4. The molecule has 1 aromatic heterocycles. The minimum atomic E-state index is -0.594. The molecule has 0 spiro atoms. The molecule has 1 N–H and O–H groups in total. The van der Waals surface area contributed by atoms with Crippen LogP contribution in [0, 0.1) is 6.92 Å². The Hall–Kier alpha value is -4.45. The van der Waals surface area contributed by atoms with Crippen LogP contribution in [0.5, 0.6) is 0 Å². The number of carbonyl (C=O) groups excluding carboxylic acids is 2. The number of nitrogens with one attached hydrogen (secondary N) is 1. The molecule has 1 heterocycles. The number of rotatable bonds is 5. The first-order valence-electron chi connectivity index (χ1n) is 10.5. The van der Waals surface area contributed by atoms with Crippen molar-refractivity contribution in [3.05, 3.63) is 96.1 Å². The third-order valence-corrected chi connectivity index (χ3v) is 5.32. The van der Waals surface area contributed by atoms with E-state index in [1.807, 2.05) is 67.6 Å². The number of anilines is 1. The second-order valence-electron chi connectivity index (χ2n) is 7.69. The van der Waals surface area contributed by atoms with Gasteiger partial charge in [-0.15, -0.1) is 0 Å². The van der Waals surface area contributed by atoms with Gasteiger partial charge in [-0.2, -0.15) is 0 Å². The molecule has 0 saturated carbocycles. The second kappa shape index (κ2) is 8.59. The Kier molecular flexibility index (Phi) is 5.32. The van der Waals surface area contributed by atoms with E-state index in [1.54, 1.807) is 24.3 Å². The Labute approximate surface area is 189 Å². The average Bonchev–Trinajstić information content (AvgIpc) is 3.27. The molecule has 33 heavy (non-hydrogen) atoms. The largest absolute Gasteiger partial charge is 0.452 e. The number of oxazole rings is 1. The van der Waals surface area contributed by atoms with Crippen molar-refractivity contribution in [2.45, 2.75) is 6.92 Å². The van der Waals surface area contributed by atoms with Crippen LogP contribution in [0.1, 0.15) is 15.9 Å². The summed E-state index contributed by atoms with van der Waals surface area (Å²) in [4.78, 5) is 29.8. The molecular weight excluding hydrogens is 416 g/mol. The van der Waals surface area contributed by atoms with Crippen LogP contribution in [0.4, 0.5) is 5.69 Å². The minimum Gasteiger partial charge on any atom is -0.452 e. The standard InChI is InChI=1S/C27H20N2O4/c1-17-12-14-19(15-13-17)28-24(30)16-32-27(31)21-9-5-7-18-6-4-8-20(25(18)21)26-29-22-10-2-3-11-23(22)33-26/h2-15H,16H2,1H3,(H,28,30). The Morgan fingerprint density at radius 1 is 0.909 bits per heavy atom. The van der Waals surface area contributed by atoms with E-state index in [-0.39, 0.29) is 0 Å². The van der Waals surface area contributed by atoms with Gasteiger partial charge in [0.05, 0.1) is 5.56 Å². The number of carbonyl (C=O) groups is 2. The van der Waals surface area contributed by atoms with Crippen LogP contribution in [0.15, 0.2) is 89.3 Å². The summed E-state index contributed by atoms with van der Waals surface area (Å²) in [6.07, 6.45) is 0. The lowest BCUT2D eigenvalue weighted by atomic mass is 9.99. The topological polar surface area (TPSA) is 81.4 Å². The Balaban J connectivity index is 1.42. The van der Waals surface area contributed by atoms with Crippen molar-refractivity contribution in [2.24, 2.45) is 0 Å². The van der Waals surface area contributed by atoms with E-state index in [0.717, 1.165) is 16.5 Å². The average molecular weight is 436 g/mol. The summed E-state index contributed by atoms with van der Waals surface area (Å²) in [5.74, 6) is -0.589. The fraction of sp³-hybridized carbons (Fsp3) is 0.0741. The maximum absolute atomic E-state index is 13.0. The lowest BCUT2D eigenvalue weighted by molar-refractivity contribution is -0.119. The zero-order valence-corrected chi connectivity index (χ0v) is 17.9. The highest BCUT2D eigenvalue weighted by atomic mass is 16.5. The molecule has 1 amide bonds. The van der Waals surface area contributed by atoms with E-state index in [2.05, 4.69) is 10.3 Å². The molecular formula is C27H20N2O4. The summed E-state index contributed by atoms with van der Waals surface area (Å²) in [6.45, 7) is 1.57. The Bertz CT molecular complexity index is 1450. The minimum absolute atomic E-state index is 0.341. The van der Waals surface area contributed by atoms with Crippen molar-refractivity contribution in [2.75, 3.05) is 11.9 Å². The van der Waals surface area contributed by atoms with Crippen LogP contribution in [0.2, 0.25) is 0 Å².